The molecular weight excluding hydrogens is 266 g/mol. The van der Waals surface area contributed by atoms with Crippen molar-refractivity contribution in [2.45, 2.75) is 44.4 Å². The van der Waals surface area contributed by atoms with Gasteiger partial charge in [-0.05, 0) is 26.2 Å². The zero-order chi connectivity index (χ0) is 12.5. The molecule has 0 unspecified atom stereocenters. The second-order valence-corrected chi connectivity index (χ2v) is 6.95. The molecule has 1 saturated carbocycles. The average molecular weight is 281 g/mol. The Morgan fingerprint density at radius 1 is 1.00 bits per heavy atom. The first-order valence-corrected chi connectivity index (χ1v) is 7.74. The van der Waals surface area contributed by atoms with Crippen LogP contribution in [0.4, 0.5) is 5.13 Å². The van der Waals surface area contributed by atoms with E-state index in [1.165, 1.54) is 35.6 Å². The summed E-state index contributed by atoms with van der Waals surface area (Å²) in [6, 6.07) is 0. The fraction of sp³-hybridized carbons (Fsp3) is 0.636. The van der Waals surface area contributed by atoms with Gasteiger partial charge in [-0.15, -0.1) is 31.7 Å². The van der Waals surface area contributed by atoms with Crippen molar-refractivity contribution in [1.82, 2.24) is 20.4 Å². The number of nitrogens with zero attached hydrogens (tertiary/aromatic N) is 4. The first kappa shape index (κ1) is 12.0. The van der Waals surface area contributed by atoms with Crippen molar-refractivity contribution in [2.75, 3.05) is 5.73 Å². The SMILES string of the molecule is Cc1nnc([C@H]2CCC[C@H](c3nnc(N)s3)C2)s1. The zero-order valence-corrected chi connectivity index (χ0v) is 11.8. The second kappa shape index (κ2) is 4.89. The monoisotopic (exact) mass is 281 g/mol. The molecule has 1 aliphatic carbocycles. The van der Waals surface area contributed by atoms with E-state index < -0.39 is 0 Å². The highest BCUT2D eigenvalue weighted by atomic mass is 32.1. The summed E-state index contributed by atoms with van der Waals surface area (Å²) in [7, 11) is 0. The average Bonchev–Trinajstić information content (AvgIpc) is 2.98. The van der Waals surface area contributed by atoms with Crippen molar-refractivity contribution >= 4 is 27.8 Å². The van der Waals surface area contributed by atoms with E-state index in [1.54, 1.807) is 11.3 Å². The van der Waals surface area contributed by atoms with Gasteiger partial charge >= 0.3 is 0 Å². The van der Waals surface area contributed by atoms with Gasteiger partial charge in [-0.1, -0.05) is 17.8 Å². The molecule has 96 valence electrons. The molecule has 0 amide bonds. The third-order valence-corrected chi connectivity index (χ3v) is 5.29. The van der Waals surface area contributed by atoms with Crippen molar-refractivity contribution < 1.29 is 0 Å². The first-order valence-electron chi connectivity index (χ1n) is 6.11. The van der Waals surface area contributed by atoms with Crippen molar-refractivity contribution in [2.24, 2.45) is 0 Å². The molecule has 1 fully saturated rings. The van der Waals surface area contributed by atoms with Crippen molar-refractivity contribution in [1.29, 1.82) is 0 Å². The molecule has 2 aromatic rings. The van der Waals surface area contributed by atoms with E-state index in [9.17, 15) is 0 Å². The maximum Gasteiger partial charge on any atom is 0.203 e. The second-order valence-electron chi connectivity index (χ2n) is 4.70. The highest BCUT2D eigenvalue weighted by Crippen LogP contribution is 2.42. The molecule has 0 radical (unpaired) electrons. The quantitative estimate of drug-likeness (QED) is 0.915. The Bertz CT molecular complexity index is 489. The van der Waals surface area contributed by atoms with Gasteiger partial charge in [0.25, 0.3) is 0 Å². The lowest BCUT2D eigenvalue weighted by Crippen LogP contribution is -2.12. The minimum Gasteiger partial charge on any atom is -0.374 e. The van der Waals surface area contributed by atoms with Gasteiger partial charge in [0.1, 0.15) is 15.0 Å². The van der Waals surface area contributed by atoms with Crippen LogP contribution in [-0.2, 0) is 0 Å². The van der Waals surface area contributed by atoms with Crippen LogP contribution in [0.2, 0.25) is 0 Å². The Balaban J connectivity index is 1.76. The van der Waals surface area contributed by atoms with Crippen LogP contribution in [0, 0.1) is 6.92 Å². The summed E-state index contributed by atoms with van der Waals surface area (Å²) in [6.45, 7) is 2.01. The van der Waals surface area contributed by atoms with Crippen molar-refractivity contribution in [3.63, 3.8) is 0 Å². The van der Waals surface area contributed by atoms with Crippen LogP contribution in [0.15, 0.2) is 0 Å². The molecule has 2 N–H and O–H groups in total. The summed E-state index contributed by atoms with van der Waals surface area (Å²) in [6.07, 6.45) is 4.71. The summed E-state index contributed by atoms with van der Waals surface area (Å²) in [4.78, 5) is 0. The fourth-order valence-corrected chi connectivity index (χ4v) is 4.13. The Morgan fingerprint density at radius 3 is 2.22 bits per heavy atom. The van der Waals surface area contributed by atoms with Crippen LogP contribution < -0.4 is 5.73 Å². The van der Waals surface area contributed by atoms with Crippen LogP contribution in [0.3, 0.4) is 0 Å². The molecule has 0 spiro atoms. The van der Waals surface area contributed by atoms with E-state index in [0.29, 0.717) is 17.0 Å². The van der Waals surface area contributed by atoms with Gasteiger partial charge in [-0.25, -0.2) is 0 Å². The lowest BCUT2D eigenvalue weighted by molar-refractivity contribution is 0.390. The van der Waals surface area contributed by atoms with Gasteiger partial charge in [0.2, 0.25) is 5.13 Å². The number of hydrogen-bond donors (Lipinski definition) is 1. The number of anilines is 1. The standard InChI is InChI=1S/C11H15N5S2/c1-6-13-14-9(17-6)7-3-2-4-8(5-7)10-15-16-11(12)18-10/h7-8H,2-5H2,1H3,(H2,12,16)/t7-,8-/m0/s1. The topological polar surface area (TPSA) is 77.6 Å². The summed E-state index contributed by atoms with van der Waals surface area (Å²) >= 11 is 3.24. The zero-order valence-electron chi connectivity index (χ0n) is 10.2. The minimum absolute atomic E-state index is 0.489. The predicted molar refractivity (Wildman–Crippen MR) is 72.9 cm³/mol. The molecular formula is C11H15N5S2. The summed E-state index contributed by atoms with van der Waals surface area (Å²) in [5.74, 6) is 1.02. The van der Waals surface area contributed by atoms with Crippen LogP contribution in [0.1, 0.15) is 52.5 Å². The van der Waals surface area contributed by atoms with Gasteiger partial charge in [-0.3, -0.25) is 0 Å². The maximum atomic E-state index is 5.66. The number of rotatable bonds is 2. The molecule has 18 heavy (non-hydrogen) atoms. The van der Waals surface area contributed by atoms with Gasteiger partial charge in [0.15, 0.2) is 0 Å². The number of aryl methyl sites for hydroxylation is 1. The third kappa shape index (κ3) is 2.37. The molecule has 3 rings (SSSR count). The molecule has 2 aromatic heterocycles. The van der Waals surface area contributed by atoms with E-state index in [0.717, 1.165) is 16.4 Å². The van der Waals surface area contributed by atoms with Crippen LogP contribution in [-0.4, -0.2) is 20.4 Å². The Hall–Kier alpha value is -1.08. The number of hydrogen-bond acceptors (Lipinski definition) is 7. The van der Waals surface area contributed by atoms with Crippen LogP contribution in [0.5, 0.6) is 0 Å². The Kier molecular flexibility index (Phi) is 3.25. The van der Waals surface area contributed by atoms with Gasteiger partial charge < -0.3 is 5.73 Å². The van der Waals surface area contributed by atoms with Gasteiger partial charge in [0, 0.05) is 11.8 Å². The molecule has 0 bridgehead atoms. The molecule has 0 aromatic carbocycles. The highest BCUT2D eigenvalue weighted by Gasteiger charge is 2.28. The molecule has 7 heteroatoms. The number of nitrogens with two attached hydrogens (primary N) is 1. The van der Waals surface area contributed by atoms with Gasteiger partial charge in [0.05, 0.1) is 0 Å². The lowest BCUT2D eigenvalue weighted by atomic mass is 9.82. The van der Waals surface area contributed by atoms with Crippen molar-refractivity contribution in [3.05, 3.63) is 15.0 Å². The van der Waals surface area contributed by atoms with Gasteiger partial charge in [-0.2, -0.15) is 0 Å². The van der Waals surface area contributed by atoms with E-state index in [2.05, 4.69) is 20.4 Å². The molecule has 0 aliphatic heterocycles. The summed E-state index contributed by atoms with van der Waals surface area (Å²) in [5, 5.41) is 20.4. The van der Waals surface area contributed by atoms with E-state index >= 15 is 0 Å². The molecule has 2 atom stereocenters. The van der Waals surface area contributed by atoms with Crippen LogP contribution in [0.25, 0.3) is 0 Å². The third-order valence-electron chi connectivity index (χ3n) is 3.37. The summed E-state index contributed by atoms with van der Waals surface area (Å²) in [5.41, 5.74) is 5.66. The smallest absolute Gasteiger partial charge is 0.203 e. The number of aromatic nitrogens is 4. The number of nitrogen functional groups attached to an aromatic ring is 1. The van der Waals surface area contributed by atoms with Crippen molar-refractivity contribution in [3.8, 4) is 0 Å². The van der Waals surface area contributed by atoms with E-state index in [4.69, 9.17) is 5.73 Å². The first-order chi connectivity index (χ1) is 8.72. The molecule has 0 saturated heterocycles. The van der Waals surface area contributed by atoms with E-state index in [-0.39, 0.29) is 0 Å². The minimum atomic E-state index is 0.489. The Labute approximate surface area is 113 Å². The largest absolute Gasteiger partial charge is 0.374 e. The molecule has 2 heterocycles. The summed E-state index contributed by atoms with van der Waals surface area (Å²) < 4.78 is 0. The normalized spacial score (nSPS) is 24.3. The predicted octanol–water partition coefficient (Wildman–Crippen LogP) is 2.72. The highest BCUT2D eigenvalue weighted by molar-refractivity contribution is 7.15. The van der Waals surface area contributed by atoms with Crippen LogP contribution >= 0.6 is 22.7 Å². The maximum absolute atomic E-state index is 5.66. The molecule has 5 nitrogen and oxygen atoms in total. The fourth-order valence-electron chi connectivity index (χ4n) is 2.53. The Morgan fingerprint density at radius 2 is 1.67 bits per heavy atom. The molecule has 1 aliphatic rings. The van der Waals surface area contributed by atoms with E-state index in [1.807, 2.05) is 6.92 Å². The lowest BCUT2D eigenvalue weighted by Gasteiger charge is -2.25.